The zero-order valence-electron chi connectivity index (χ0n) is 11.0. The predicted molar refractivity (Wildman–Crippen MR) is 74.6 cm³/mol. The van der Waals surface area contributed by atoms with Gasteiger partial charge in [0.1, 0.15) is 6.07 Å². The molecule has 1 aromatic heterocycles. The summed E-state index contributed by atoms with van der Waals surface area (Å²) in [6.07, 6.45) is 3.09. The standard InChI is InChI=1S/C14H11ClN4O2/c15-11-5-4-9(6-10(11)14(20)21)19-13(8-2-1-3-8)12(7-16)17-18-19/h4-6,8H,1-3H2,(H,20,21). The van der Waals surface area contributed by atoms with E-state index in [4.69, 9.17) is 22.0 Å². The van der Waals surface area contributed by atoms with E-state index in [0.29, 0.717) is 11.4 Å². The number of rotatable bonds is 3. The fraction of sp³-hybridized carbons (Fsp3) is 0.286. The van der Waals surface area contributed by atoms with Crippen LogP contribution in [-0.2, 0) is 0 Å². The molecule has 0 aliphatic heterocycles. The second-order valence-corrected chi connectivity index (χ2v) is 5.35. The van der Waals surface area contributed by atoms with Crippen LogP contribution in [0, 0.1) is 11.3 Å². The first-order valence-electron chi connectivity index (χ1n) is 6.50. The first-order chi connectivity index (χ1) is 10.1. The SMILES string of the molecule is N#Cc1nnn(-c2ccc(Cl)c(C(=O)O)c2)c1C1CCC1. The molecule has 1 N–H and O–H groups in total. The van der Waals surface area contributed by atoms with Crippen molar-refractivity contribution in [1.29, 1.82) is 5.26 Å². The number of benzene rings is 1. The van der Waals surface area contributed by atoms with E-state index in [9.17, 15) is 4.79 Å². The first kappa shape index (κ1) is 13.6. The van der Waals surface area contributed by atoms with Crippen LogP contribution in [0.15, 0.2) is 18.2 Å². The van der Waals surface area contributed by atoms with E-state index in [1.54, 1.807) is 10.7 Å². The van der Waals surface area contributed by atoms with Crippen LogP contribution in [0.25, 0.3) is 5.69 Å². The summed E-state index contributed by atoms with van der Waals surface area (Å²) in [6, 6.07) is 6.68. The highest BCUT2D eigenvalue weighted by atomic mass is 35.5. The molecule has 0 amide bonds. The van der Waals surface area contributed by atoms with E-state index in [-0.39, 0.29) is 16.5 Å². The molecule has 2 aromatic rings. The number of nitriles is 1. The van der Waals surface area contributed by atoms with Crippen molar-refractivity contribution in [2.45, 2.75) is 25.2 Å². The second kappa shape index (κ2) is 5.19. The van der Waals surface area contributed by atoms with Crippen LogP contribution in [0.4, 0.5) is 0 Å². The Morgan fingerprint density at radius 2 is 2.24 bits per heavy atom. The van der Waals surface area contributed by atoms with Gasteiger partial charge in [0, 0.05) is 5.92 Å². The number of hydrogen-bond donors (Lipinski definition) is 1. The molecular formula is C14H11ClN4O2. The van der Waals surface area contributed by atoms with Crippen molar-refractivity contribution in [3.8, 4) is 11.8 Å². The van der Waals surface area contributed by atoms with E-state index in [1.807, 2.05) is 6.07 Å². The molecule has 1 aromatic carbocycles. The minimum Gasteiger partial charge on any atom is -0.478 e. The topological polar surface area (TPSA) is 91.8 Å². The quantitative estimate of drug-likeness (QED) is 0.941. The summed E-state index contributed by atoms with van der Waals surface area (Å²) < 4.78 is 1.55. The molecule has 6 nitrogen and oxygen atoms in total. The number of hydrogen-bond acceptors (Lipinski definition) is 4. The summed E-state index contributed by atoms with van der Waals surface area (Å²) in [4.78, 5) is 11.2. The maximum absolute atomic E-state index is 11.2. The van der Waals surface area contributed by atoms with Gasteiger partial charge in [-0.15, -0.1) is 5.10 Å². The molecule has 0 saturated heterocycles. The molecule has 0 bridgehead atoms. The number of carboxylic acid groups (broad SMARTS) is 1. The molecule has 1 aliphatic carbocycles. The highest BCUT2D eigenvalue weighted by Crippen LogP contribution is 2.38. The van der Waals surface area contributed by atoms with E-state index < -0.39 is 5.97 Å². The van der Waals surface area contributed by atoms with Gasteiger partial charge in [0.25, 0.3) is 0 Å². The molecule has 7 heteroatoms. The Morgan fingerprint density at radius 3 is 2.81 bits per heavy atom. The molecule has 106 valence electrons. The van der Waals surface area contributed by atoms with Crippen molar-refractivity contribution in [2.24, 2.45) is 0 Å². The smallest absolute Gasteiger partial charge is 0.337 e. The summed E-state index contributed by atoms with van der Waals surface area (Å²) in [6.45, 7) is 0. The van der Waals surface area contributed by atoms with Crippen molar-refractivity contribution >= 4 is 17.6 Å². The molecule has 1 heterocycles. The molecule has 21 heavy (non-hydrogen) atoms. The Hall–Kier alpha value is -2.39. The maximum Gasteiger partial charge on any atom is 0.337 e. The lowest BCUT2D eigenvalue weighted by Gasteiger charge is -2.25. The Labute approximate surface area is 125 Å². The van der Waals surface area contributed by atoms with E-state index in [0.717, 1.165) is 25.0 Å². The van der Waals surface area contributed by atoms with E-state index in [1.165, 1.54) is 12.1 Å². The third-order valence-electron chi connectivity index (χ3n) is 3.73. The molecule has 3 rings (SSSR count). The van der Waals surface area contributed by atoms with Crippen LogP contribution >= 0.6 is 11.6 Å². The van der Waals surface area contributed by atoms with Gasteiger partial charge in [-0.1, -0.05) is 23.2 Å². The Kier molecular flexibility index (Phi) is 3.35. The second-order valence-electron chi connectivity index (χ2n) is 4.94. The van der Waals surface area contributed by atoms with Crippen LogP contribution in [0.3, 0.4) is 0 Å². The number of carbonyl (C=O) groups is 1. The summed E-state index contributed by atoms with van der Waals surface area (Å²) in [5, 5.41) is 26.3. The average molecular weight is 303 g/mol. The normalized spacial score (nSPS) is 14.5. The maximum atomic E-state index is 11.2. The van der Waals surface area contributed by atoms with Gasteiger partial charge in [0.2, 0.25) is 0 Å². The summed E-state index contributed by atoms with van der Waals surface area (Å²) in [7, 11) is 0. The van der Waals surface area contributed by atoms with Crippen molar-refractivity contribution in [3.63, 3.8) is 0 Å². The lowest BCUT2D eigenvalue weighted by atomic mass is 9.82. The highest BCUT2D eigenvalue weighted by molar-refractivity contribution is 6.33. The Bertz CT molecular complexity index is 759. The third-order valence-corrected chi connectivity index (χ3v) is 4.06. The van der Waals surface area contributed by atoms with Crippen molar-refractivity contribution in [2.75, 3.05) is 0 Å². The number of halogens is 1. The van der Waals surface area contributed by atoms with Crippen molar-refractivity contribution < 1.29 is 9.90 Å². The molecule has 0 radical (unpaired) electrons. The lowest BCUT2D eigenvalue weighted by molar-refractivity contribution is 0.0697. The van der Waals surface area contributed by atoms with Gasteiger partial charge in [-0.3, -0.25) is 0 Å². The highest BCUT2D eigenvalue weighted by Gasteiger charge is 2.28. The molecule has 0 unspecified atom stereocenters. The fourth-order valence-electron chi connectivity index (χ4n) is 2.42. The van der Waals surface area contributed by atoms with Crippen molar-refractivity contribution in [1.82, 2.24) is 15.0 Å². The number of aromatic nitrogens is 3. The van der Waals surface area contributed by atoms with Gasteiger partial charge in [-0.05, 0) is 31.0 Å². The zero-order valence-corrected chi connectivity index (χ0v) is 11.7. The summed E-state index contributed by atoms with van der Waals surface area (Å²) in [5.41, 5.74) is 1.60. The van der Waals surface area contributed by atoms with Gasteiger partial charge in [-0.25, -0.2) is 9.48 Å². The molecule has 0 atom stereocenters. The van der Waals surface area contributed by atoms with E-state index >= 15 is 0 Å². The average Bonchev–Trinajstić information content (AvgIpc) is 2.81. The summed E-state index contributed by atoms with van der Waals surface area (Å²) in [5.74, 6) is -0.855. The number of carboxylic acids is 1. The lowest BCUT2D eigenvalue weighted by Crippen LogP contribution is -2.15. The van der Waals surface area contributed by atoms with Crippen LogP contribution in [-0.4, -0.2) is 26.1 Å². The molecule has 0 spiro atoms. The van der Waals surface area contributed by atoms with Gasteiger partial charge < -0.3 is 5.11 Å². The number of nitrogens with zero attached hydrogens (tertiary/aromatic N) is 4. The van der Waals surface area contributed by atoms with Crippen LogP contribution in [0.5, 0.6) is 0 Å². The minimum atomic E-state index is -1.10. The van der Waals surface area contributed by atoms with Gasteiger partial charge in [0.05, 0.1) is 22.0 Å². The zero-order chi connectivity index (χ0) is 15.0. The Balaban J connectivity index is 2.13. The van der Waals surface area contributed by atoms with Gasteiger partial charge >= 0.3 is 5.97 Å². The largest absolute Gasteiger partial charge is 0.478 e. The number of aromatic carboxylic acids is 1. The minimum absolute atomic E-state index is 0.00253. The van der Waals surface area contributed by atoms with Crippen LogP contribution in [0.2, 0.25) is 5.02 Å². The van der Waals surface area contributed by atoms with Gasteiger partial charge in [-0.2, -0.15) is 5.26 Å². The van der Waals surface area contributed by atoms with E-state index in [2.05, 4.69) is 10.3 Å². The molecule has 1 aliphatic rings. The monoisotopic (exact) mass is 302 g/mol. The summed E-state index contributed by atoms with van der Waals surface area (Å²) >= 11 is 5.87. The fourth-order valence-corrected chi connectivity index (χ4v) is 2.61. The first-order valence-corrected chi connectivity index (χ1v) is 6.88. The molecule has 1 saturated carbocycles. The van der Waals surface area contributed by atoms with Crippen LogP contribution in [0.1, 0.15) is 46.9 Å². The predicted octanol–water partition coefficient (Wildman–Crippen LogP) is 2.76. The van der Waals surface area contributed by atoms with Crippen molar-refractivity contribution in [3.05, 3.63) is 40.2 Å². The molecular weight excluding hydrogens is 292 g/mol. The third kappa shape index (κ3) is 2.26. The van der Waals surface area contributed by atoms with Crippen LogP contribution < -0.4 is 0 Å². The molecule has 1 fully saturated rings. The Morgan fingerprint density at radius 1 is 1.48 bits per heavy atom. The van der Waals surface area contributed by atoms with Gasteiger partial charge in [0.15, 0.2) is 5.69 Å².